The van der Waals surface area contributed by atoms with Crippen LogP contribution in [0.15, 0.2) is 48.5 Å². The molecule has 11 heteroatoms. The molecule has 0 aliphatic carbocycles. The molecule has 0 radical (unpaired) electrons. The fraction of sp³-hybridized carbons (Fsp3) is 0.370. The Morgan fingerprint density at radius 3 is 2.26 bits per heavy atom. The van der Waals surface area contributed by atoms with Crippen LogP contribution in [-0.2, 0) is 28.6 Å². The number of nitrogens with one attached hydrogen (secondary N) is 3. The summed E-state index contributed by atoms with van der Waals surface area (Å²) >= 11 is 0. The van der Waals surface area contributed by atoms with E-state index in [-0.39, 0.29) is 36.7 Å². The Balaban J connectivity index is 1.46. The number of methoxy groups -OCH3 is 1. The first-order valence-electron chi connectivity index (χ1n) is 12.1. The van der Waals surface area contributed by atoms with E-state index >= 15 is 0 Å². The Morgan fingerprint density at radius 1 is 1.03 bits per heavy atom. The lowest BCUT2D eigenvalue weighted by molar-refractivity contribution is -0.155. The molecular weight excluding hydrogens is 494 g/mol. The van der Waals surface area contributed by atoms with Crippen LogP contribution in [-0.4, -0.2) is 56.3 Å². The minimum absolute atomic E-state index is 0.0570. The Labute approximate surface area is 220 Å². The van der Waals surface area contributed by atoms with E-state index in [1.807, 2.05) is 36.4 Å². The van der Waals surface area contributed by atoms with Gasteiger partial charge in [0, 0.05) is 5.56 Å². The molecule has 2 aromatic carbocycles. The van der Waals surface area contributed by atoms with Crippen molar-refractivity contribution in [2.75, 3.05) is 20.5 Å². The average molecular weight is 526 g/mol. The van der Waals surface area contributed by atoms with Crippen LogP contribution >= 0.6 is 0 Å². The van der Waals surface area contributed by atoms with Crippen LogP contribution in [0.5, 0.6) is 5.75 Å². The highest BCUT2D eigenvalue weighted by Gasteiger charge is 2.34. The number of benzene rings is 2. The van der Waals surface area contributed by atoms with Crippen molar-refractivity contribution in [3.8, 4) is 16.9 Å². The van der Waals surface area contributed by atoms with Crippen LogP contribution in [0.2, 0.25) is 0 Å². The molecule has 1 heterocycles. The van der Waals surface area contributed by atoms with Crippen molar-refractivity contribution in [2.24, 2.45) is 11.8 Å². The van der Waals surface area contributed by atoms with Gasteiger partial charge in [0.1, 0.15) is 18.2 Å². The zero-order chi connectivity index (χ0) is 27.7. The summed E-state index contributed by atoms with van der Waals surface area (Å²) in [4.78, 5) is 46.6. The van der Waals surface area contributed by atoms with Crippen LogP contribution in [0.1, 0.15) is 32.3 Å². The molecule has 11 nitrogen and oxygen atoms in total. The third kappa shape index (κ3) is 8.05. The number of hydrogen-bond acceptors (Lipinski definition) is 9. The van der Waals surface area contributed by atoms with E-state index in [2.05, 4.69) is 15.4 Å². The summed E-state index contributed by atoms with van der Waals surface area (Å²) in [5.74, 6) is -1.33. The highest BCUT2D eigenvalue weighted by molar-refractivity contribution is 6.04. The molecule has 1 aliphatic heterocycles. The summed E-state index contributed by atoms with van der Waals surface area (Å²) in [6, 6.07) is 14.2. The van der Waals surface area contributed by atoms with E-state index in [9.17, 15) is 19.2 Å². The van der Waals surface area contributed by atoms with E-state index in [1.54, 1.807) is 26.0 Å². The number of amidine groups is 1. The van der Waals surface area contributed by atoms with Gasteiger partial charge in [-0.05, 0) is 29.7 Å². The molecule has 0 unspecified atom stereocenters. The molecule has 0 aromatic heterocycles. The molecule has 1 saturated heterocycles. The van der Waals surface area contributed by atoms with E-state index < -0.39 is 30.7 Å². The van der Waals surface area contributed by atoms with Gasteiger partial charge >= 0.3 is 18.0 Å². The van der Waals surface area contributed by atoms with E-state index in [0.717, 1.165) is 11.1 Å². The molecule has 202 valence electrons. The van der Waals surface area contributed by atoms with Gasteiger partial charge in [-0.15, -0.1) is 0 Å². The lowest BCUT2D eigenvalue weighted by Gasteiger charge is -2.13. The number of hydrogen-bond donors (Lipinski definition) is 3. The van der Waals surface area contributed by atoms with Gasteiger partial charge in [-0.3, -0.25) is 25.1 Å². The van der Waals surface area contributed by atoms with E-state index in [0.29, 0.717) is 17.7 Å². The largest absolute Gasteiger partial charge is 0.491 e. The number of esters is 2. The van der Waals surface area contributed by atoms with E-state index in [4.69, 9.17) is 19.6 Å². The highest BCUT2D eigenvalue weighted by atomic mass is 16.7. The lowest BCUT2D eigenvalue weighted by atomic mass is 10.0. The number of amides is 2. The topological polar surface area (TPSA) is 153 Å². The molecule has 2 amide bonds. The van der Waals surface area contributed by atoms with Crippen molar-refractivity contribution in [1.29, 1.82) is 5.41 Å². The third-order valence-electron chi connectivity index (χ3n) is 5.83. The molecule has 0 bridgehead atoms. The molecule has 38 heavy (non-hydrogen) atoms. The second-order valence-electron chi connectivity index (χ2n) is 9.00. The maximum atomic E-state index is 12.0. The van der Waals surface area contributed by atoms with Gasteiger partial charge in [-0.25, -0.2) is 4.79 Å². The molecule has 3 rings (SSSR count). The zero-order valence-electron chi connectivity index (χ0n) is 21.4. The first-order valence-corrected chi connectivity index (χ1v) is 12.1. The summed E-state index contributed by atoms with van der Waals surface area (Å²) in [5.41, 5.74) is 2.28. The fourth-order valence-electron chi connectivity index (χ4n) is 3.69. The number of alkyl carbamates (subject to hydrolysis) is 1. The van der Waals surface area contributed by atoms with Gasteiger partial charge in [0.15, 0.2) is 0 Å². The van der Waals surface area contributed by atoms with Crippen molar-refractivity contribution in [3.05, 3.63) is 54.1 Å². The van der Waals surface area contributed by atoms with E-state index in [1.165, 1.54) is 7.11 Å². The Kier molecular flexibility index (Phi) is 9.80. The van der Waals surface area contributed by atoms with Crippen molar-refractivity contribution in [2.45, 2.75) is 32.7 Å². The van der Waals surface area contributed by atoms with Crippen molar-refractivity contribution >= 4 is 29.8 Å². The predicted molar refractivity (Wildman–Crippen MR) is 136 cm³/mol. The second kappa shape index (κ2) is 13.2. The number of ether oxygens (including phenoxy) is 4. The van der Waals surface area contributed by atoms with Gasteiger partial charge in [-0.1, -0.05) is 50.2 Å². The summed E-state index contributed by atoms with van der Waals surface area (Å²) < 4.78 is 20.0. The quantitative estimate of drug-likeness (QED) is 0.185. The first-order chi connectivity index (χ1) is 18.2. The maximum Gasteiger partial charge on any atom is 0.415 e. The molecule has 0 spiro atoms. The monoisotopic (exact) mass is 525 g/mol. The van der Waals surface area contributed by atoms with Crippen LogP contribution < -0.4 is 15.4 Å². The van der Waals surface area contributed by atoms with Crippen LogP contribution in [0.3, 0.4) is 0 Å². The molecule has 2 aromatic rings. The van der Waals surface area contributed by atoms with Crippen molar-refractivity contribution in [1.82, 2.24) is 10.6 Å². The molecule has 0 saturated carbocycles. The molecule has 1 fully saturated rings. The third-order valence-corrected chi connectivity index (χ3v) is 5.83. The van der Waals surface area contributed by atoms with Gasteiger partial charge in [0.25, 0.3) is 0 Å². The number of rotatable bonds is 10. The first kappa shape index (κ1) is 28.2. The Morgan fingerprint density at radius 2 is 1.66 bits per heavy atom. The molecule has 1 aliphatic rings. The zero-order valence-corrected chi connectivity index (χ0v) is 21.4. The molecule has 3 N–H and O–H groups in total. The predicted octanol–water partition coefficient (Wildman–Crippen LogP) is 3.01. The molecule has 2 atom stereocenters. The smallest absolute Gasteiger partial charge is 0.415 e. The van der Waals surface area contributed by atoms with Crippen LogP contribution in [0.4, 0.5) is 4.79 Å². The van der Waals surface area contributed by atoms with Crippen LogP contribution in [0.25, 0.3) is 11.1 Å². The second-order valence-corrected chi connectivity index (χ2v) is 9.00. The van der Waals surface area contributed by atoms with Gasteiger partial charge in [0.05, 0.1) is 31.4 Å². The SMILES string of the molecule is COC(=O)C[C@@H]1C[C@@H](COc2ccc(-c3ccc(C(=N)NC(=O)OCOC(=O)C(C)C)cc3)cc2)NC1=O. The van der Waals surface area contributed by atoms with Crippen molar-refractivity contribution in [3.63, 3.8) is 0 Å². The average Bonchev–Trinajstić information content (AvgIpc) is 3.26. The summed E-state index contributed by atoms with van der Waals surface area (Å²) in [6.07, 6.45) is -0.338. The highest BCUT2D eigenvalue weighted by Crippen LogP contribution is 2.24. The summed E-state index contributed by atoms with van der Waals surface area (Å²) in [5, 5.41) is 13.2. The molecular formula is C27H31N3O8. The maximum absolute atomic E-state index is 12.0. The fourth-order valence-corrected chi connectivity index (χ4v) is 3.69. The van der Waals surface area contributed by atoms with Gasteiger partial charge in [-0.2, -0.15) is 0 Å². The minimum Gasteiger partial charge on any atom is -0.491 e. The normalized spacial score (nSPS) is 16.4. The lowest BCUT2D eigenvalue weighted by Crippen LogP contribution is -2.32. The van der Waals surface area contributed by atoms with Gasteiger partial charge < -0.3 is 24.3 Å². The standard InChI is InChI=1S/C27H31N3O8/c1-16(2)26(33)37-15-38-27(34)30-24(28)19-6-4-17(5-7-19)18-8-10-22(11-9-18)36-14-21-12-20(25(32)29-21)13-23(31)35-3/h4-11,16,20-21H,12-15H2,1-3H3,(H,29,32)(H2,28,30,34)/t20-,21-/m0/s1. The number of carbonyl (C=O) groups is 4. The summed E-state index contributed by atoms with van der Waals surface area (Å²) in [7, 11) is 1.30. The number of carbonyl (C=O) groups excluding carboxylic acids is 4. The van der Waals surface area contributed by atoms with Crippen molar-refractivity contribution < 1.29 is 38.1 Å². The van der Waals surface area contributed by atoms with Gasteiger partial charge in [0.2, 0.25) is 12.7 Å². The Hall–Kier alpha value is -4.41. The van der Waals surface area contributed by atoms with Crippen LogP contribution in [0, 0.1) is 17.2 Å². The minimum atomic E-state index is -0.901. The Bertz CT molecular complexity index is 1160. The summed E-state index contributed by atoms with van der Waals surface area (Å²) in [6.45, 7) is 3.08.